The summed E-state index contributed by atoms with van der Waals surface area (Å²) in [5, 5.41) is 11.5. The number of ketones is 1. The van der Waals surface area contributed by atoms with Gasteiger partial charge in [-0.15, -0.1) is 0 Å². The van der Waals surface area contributed by atoms with Gasteiger partial charge in [-0.05, 0) is 29.8 Å². The summed E-state index contributed by atoms with van der Waals surface area (Å²) in [5.41, 5.74) is 0.942. The fourth-order valence-corrected chi connectivity index (χ4v) is 4.02. The number of Topliss-reactive ketones (excluding diaryl/α,β-unsaturated/α-hetero) is 1. The van der Waals surface area contributed by atoms with Crippen LogP contribution in [0, 0.1) is 0 Å². The summed E-state index contributed by atoms with van der Waals surface area (Å²) in [6.07, 6.45) is 1.62. The number of aliphatic hydroxyl groups excluding tert-OH is 1. The van der Waals surface area contributed by atoms with Crippen molar-refractivity contribution < 1.29 is 33.3 Å². The Labute approximate surface area is 196 Å². The molecule has 0 bridgehead atoms. The summed E-state index contributed by atoms with van der Waals surface area (Å²) in [7, 11) is 3.02. The third-order valence-electron chi connectivity index (χ3n) is 5.58. The molecular formula is C26H25NO7. The lowest BCUT2D eigenvalue weighted by Crippen LogP contribution is -2.34. The third kappa shape index (κ3) is 4.15. The maximum Gasteiger partial charge on any atom is 0.290 e. The van der Waals surface area contributed by atoms with E-state index in [1.54, 1.807) is 54.6 Å². The van der Waals surface area contributed by atoms with Crippen molar-refractivity contribution in [1.82, 2.24) is 4.90 Å². The first-order valence-electron chi connectivity index (χ1n) is 10.7. The Morgan fingerprint density at radius 3 is 2.74 bits per heavy atom. The van der Waals surface area contributed by atoms with E-state index in [2.05, 4.69) is 6.58 Å². The fourth-order valence-electron chi connectivity index (χ4n) is 4.02. The normalized spacial score (nSPS) is 15.8. The van der Waals surface area contributed by atoms with E-state index in [9.17, 15) is 14.7 Å². The quantitative estimate of drug-likeness (QED) is 0.355. The SMILES string of the molecule is C=CCOc1cccc(C2C(C(=O)c3cc4cccc(OC)c4o3)=C(O)C(=O)N2CCOC)c1. The molecule has 1 aliphatic rings. The van der Waals surface area contributed by atoms with Gasteiger partial charge in [0.15, 0.2) is 22.9 Å². The summed E-state index contributed by atoms with van der Waals surface area (Å²) in [4.78, 5) is 28.0. The van der Waals surface area contributed by atoms with E-state index in [1.165, 1.54) is 19.1 Å². The van der Waals surface area contributed by atoms with Crippen molar-refractivity contribution in [2.75, 3.05) is 34.0 Å². The number of nitrogens with zero attached hydrogens (tertiary/aromatic N) is 1. The monoisotopic (exact) mass is 463 g/mol. The number of ether oxygens (including phenoxy) is 3. The molecule has 1 atom stereocenters. The van der Waals surface area contributed by atoms with E-state index in [-0.39, 0.29) is 24.5 Å². The zero-order chi connectivity index (χ0) is 24.2. The van der Waals surface area contributed by atoms with Crippen LogP contribution in [0.15, 0.2) is 76.9 Å². The number of amides is 1. The molecule has 3 aromatic rings. The molecule has 1 aromatic heterocycles. The summed E-state index contributed by atoms with van der Waals surface area (Å²) in [6.45, 7) is 4.34. The Morgan fingerprint density at radius 2 is 2.00 bits per heavy atom. The maximum atomic E-state index is 13.6. The number of fused-ring (bicyclic) bond motifs is 1. The Hall–Kier alpha value is -4.04. The van der Waals surface area contributed by atoms with Crippen LogP contribution in [0.25, 0.3) is 11.0 Å². The van der Waals surface area contributed by atoms with Crippen molar-refractivity contribution in [3.8, 4) is 11.5 Å². The minimum atomic E-state index is -0.850. The average Bonchev–Trinajstić information content (AvgIpc) is 3.40. The summed E-state index contributed by atoms with van der Waals surface area (Å²) >= 11 is 0. The molecule has 8 heteroatoms. The number of methoxy groups -OCH3 is 2. The number of hydrogen-bond donors (Lipinski definition) is 1. The molecule has 0 fully saturated rings. The van der Waals surface area contributed by atoms with Crippen LogP contribution in [0.4, 0.5) is 0 Å². The highest BCUT2D eigenvalue weighted by Gasteiger charge is 2.44. The number of furan rings is 1. The van der Waals surface area contributed by atoms with E-state index in [0.717, 1.165) is 0 Å². The molecule has 1 unspecified atom stereocenters. The molecule has 0 saturated heterocycles. The van der Waals surface area contributed by atoms with Crippen LogP contribution in [0.3, 0.4) is 0 Å². The Bertz CT molecular complexity index is 1270. The number of aliphatic hydroxyl groups is 1. The lowest BCUT2D eigenvalue weighted by molar-refractivity contribution is -0.130. The van der Waals surface area contributed by atoms with Crippen molar-refractivity contribution in [2.24, 2.45) is 0 Å². The summed E-state index contributed by atoms with van der Waals surface area (Å²) < 4.78 is 21.9. The van der Waals surface area contributed by atoms with Crippen LogP contribution in [0.5, 0.6) is 11.5 Å². The van der Waals surface area contributed by atoms with Gasteiger partial charge in [0, 0.05) is 19.0 Å². The first kappa shape index (κ1) is 23.1. The predicted octanol–water partition coefficient (Wildman–Crippen LogP) is 4.23. The second-order valence-electron chi connectivity index (χ2n) is 7.65. The molecule has 176 valence electrons. The van der Waals surface area contributed by atoms with Gasteiger partial charge in [0.1, 0.15) is 12.4 Å². The molecule has 1 amide bonds. The van der Waals surface area contributed by atoms with E-state index in [1.807, 2.05) is 0 Å². The van der Waals surface area contributed by atoms with Crippen LogP contribution in [0.1, 0.15) is 22.2 Å². The Morgan fingerprint density at radius 1 is 1.21 bits per heavy atom. The molecule has 2 heterocycles. The molecule has 0 aliphatic carbocycles. The standard InChI is InChI=1S/C26H25NO7/c1-4-12-33-18-9-5-7-16(14-18)22-21(24(29)26(30)27(22)11-13-31-2)23(28)20-15-17-8-6-10-19(32-3)25(17)34-20/h4-10,14-15,22,29H,1,11-13H2,2-3H3. The second-order valence-corrected chi connectivity index (χ2v) is 7.65. The number of carbonyl (C=O) groups is 2. The van der Waals surface area contributed by atoms with Crippen LogP contribution < -0.4 is 9.47 Å². The molecule has 0 spiro atoms. The largest absolute Gasteiger partial charge is 0.503 e. The van der Waals surface area contributed by atoms with Crippen LogP contribution in [-0.2, 0) is 9.53 Å². The van der Waals surface area contributed by atoms with Crippen molar-refractivity contribution in [1.29, 1.82) is 0 Å². The van der Waals surface area contributed by atoms with Gasteiger partial charge in [0.2, 0.25) is 5.78 Å². The minimum absolute atomic E-state index is 0.00787. The zero-order valence-electron chi connectivity index (χ0n) is 18.9. The second kappa shape index (κ2) is 9.84. The van der Waals surface area contributed by atoms with E-state index >= 15 is 0 Å². The molecule has 8 nitrogen and oxygen atoms in total. The van der Waals surface area contributed by atoms with E-state index in [0.29, 0.717) is 34.6 Å². The number of benzene rings is 2. The molecule has 34 heavy (non-hydrogen) atoms. The highest BCUT2D eigenvalue weighted by atomic mass is 16.5. The van der Waals surface area contributed by atoms with Crippen molar-refractivity contribution >= 4 is 22.7 Å². The van der Waals surface area contributed by atoms with Crippen LogP contribution in [-0.4, -0.2) is 55.7 Å². The van der Waals surface area contributed by atoms with Crippen molar-refractivity contribution in [2.45, 2.75) is 6.04 Å². The highest BCUT2D eigenvalue weighted by Crippen LogP contribution is 2.40. The predicted molar refractivity (Wildman–Crippen MR) is 125 cm³/mol. The first-order chi connectivity index (χ1) is 16.5. The molecule has 1 N–H and O–H groups in total. The lowest BCUT2D eigenvalue weighted by atomic mass is 9.95. The van der Waals surface area contributed by atoms with Gasteiger partial charge in [-0.25, -0.2) is 0 Å². The van der Waals surface area contributed by atoms with E-state index < -0.39 is 23.5 Å². The van der Waals surface area contributed by atoms with Gasteiger partial charge >= 0.3 is 0 Å². The van der Waals surface area contributed by atoms with Crippen LogP contribution >= 0.6 is 0 Å². The topological polar surface area (TPSA) is 98.4 Å². The van der Waals surface area contributed by atoms with Gasteiger partial charge < -0.3 is 28.6 Å². The summed E-state index contributed by atoms with van der Waals surface area (Å²) in [6, 6.07) is 13.0. The number of rotatable bonds is 10. The lowest BCUT2D eigenvalue weighted by Gasteiger charge is -2.26. The van der Waals surface area contributed by atoms with Crippen molar-refractivity contribution in [3.05, 3.63) is 83.8 Å². The maximum absolute atomic E-state index is 13.6. The smallest absolute Gasteiger partial charge is 0.290 e. The number of para-hydroxylation sites is 1. The molecular weight excluding hydrogens is 438 g/mol. The molecule has 0 saturated carbocycles. The minimum Gasteiger partial charge on any atom is -0.503 e. The Kier molecular flexibility index (Phi) is 6.70. The molecule has 1 aliphatic heterocycles. The highest BCUT2D eigenvalue weighted by molar-refractivity contribution is 6.16. The first-order valence-corrected chi connectivity index (χ1v) is 10.7. The van der Waals surface area contributed by atoms with Gasteiger partial charge in [-0.2, -0.15) is 0 Å². The third-order valence-corrected chi connectivity index (χ3v) is 5.58. The summed E-state index contributed by atoms with van der Waals surface area (Å²) in [5.74, 6) is -0.851. The van der Waals surface area contributed by atoms with Gasteiger partial charge in [0.25, 0.3) is 5.91 Å². The fraction of sp³-hybridized carbons (Fsp3) is 0.231. The Balaban J connectivity index is 1.79. The van der Waals surface area contributed by atoms with E-state index in [4.69, 9.17) is 18.6 Å². The number of carbonyl (C=O) groups excluding carboxylic acids is 2. The molecule has 4 rings (SSSR count). The molecule has 2 aromatic carbocycles. The number of hydrogen-bond acceptors (Lipinski definition) is 7. The average molecular weight is 463 g/mol. The van der Waals surface area contributed by atoms with Crippen molar-refractivity contribution in [3.63, 3.8) is 0 Å². The van der Waals surface area contributed by atoms with Gasteiger partial charge in [-0.1, -0.05) is 36.9 Å². The zero-order valence-corrected chi connectivity index (χ0v) is 18.9. The van der Waals surface area contributed by atoms with Gasteiger partial charge in [0.05, 0.1) is 25.3 Å². The van der Waals surface area contributed by atoms with Gasteiger partial charge in [-0.3, -0.25) is 9.59 Å². The van der Waals surface area contributed by atoms with Crippen LogP contribution in [0.2, 0.25) is 0 Å². The molecule has 0 radical (unpaired) electrons.